The Morgan fingerprint density at radius 3 is 2.13 bits per heavy atom. The highest BCUT2D eigenvalue weighted by Gasteiger charge is 2.61. The molecule has 0 heterocycles. The van der Waals surface area contributed by atoms with Gasteiger partial charge in [0.2, 0.25) is 6.10 Å². The molecule has 4 rings (SSSR count). The Bertz CT molecular complexity index is 1340. The van der Waals surface area contributed by atoms with Gasteiger partial charge in [-0.15, -0.1) is 0 Å². The van der Waals surface area contributed by atoms with E-state index in [9.17, 15) is 29.7 Å². The predicted molar refractivity (Wildman–Crippen MR) is 166 cm³/mol. The Kier molecular flexibility index (Phi) is 10.0. The second-order valence-corrected chi connectivity index (χ2v) is 14.0. The number of aliphatic hydroxyl groups excluding tert-OH is 3. The van der Waals surface area contributed by atoms with Crippen molar-refractivity contribution in [2.45, 2.75) is 103 Å². The summed E-state index contributed by atoms with van der Waals surface area (Å²) in [5.74, 6) is -2.73. The molecule has 7 unspecified atom stereocenters. The minimum Gasteiger partial charge on any atom is -0.455 e. The average Bonchev–Trinajstić information content (AvgIpc) is 2.94. The molecule has 2 fully saturated rings. The number of esters is 3. The summed E-state index contributed by atoms with van der Waals surface area (Å²) in [4.78, 5) is 40.2. The lowest BCUT2D eigenvalue weighted by Gasteiger charge is -2.58. The third kappa shape index (κ3) is 6.35. The van der Waals surface area contributed by atoms with E-state index in [2.05, 4.69) is 6.58 Å². The molecule has 10 heteroatoms. The summed E-state index contributed by atoms with van der Waals surface area (Å²) in [6.45, 7) is 14.4. The largest absolute Gasteiger partial charge is 0.455 e. The maximum atomic E-state index is 13.9. The minimum absolute atomic E-state index is 0.0686. The maximum Gasteiger partial charge on any atom is 0.350 e. The van der Waals surface area contributed by atoms with Crippen molar-refractivity contribution in [1.82, 2.24) is 4.90 Å². The van der Waals surface area contributed by atoms with Crippen LogP contribution in [0.2, 0.25) is 0 Å². The Labute approximate surface area is 266 Å². The van der Waals surface area contributed by atoms with Crippen molar-refractivity contribution < 1.29 is 43.9 Å². The monoisotopic (exact) mass is 627 g/mol. The molecular weight excluding hydrogens is 578 g/mol. The van der Waals surface area contributed by atoms with Gasteiger partial charge in [-0.2, -0.15) is 0 Å². The molecule has 3 aliphatic carbocycles. The number of fused-ring (bicyclic) bond motifs is 3. The molecule has 0 radical (unpaired) electrons. The van der Waals surface area contributed by atoms with Gasteiger partial charge in [0, 0.05) is 25.7 Å². The van der Waals surface area contributed by atoms with Gasteiger partial charge in [-0.25, -0.2) is 4.79 Å². The molecule has 0 aliphatic heterocycles. The van der Waals surface area contributed by atoms with Gasteiger partial charge in [0.15, 0.2) is 6.10 Å². The van der Waals surface area contributed by atoms with E-state index in [1.165, 1.54) is 13.8 Å². The van der Waals surface area contributed by atoms with Crippen LogP contribution in [-0.2, 0) is 28.6 Å². The quantitative estimate of drug-likeness (QED) is 0.234. The number of likely N-dealkylation sites (N-methyl/N-ethyl adjacent to an activating group) is 1. The van der Waals surface area contributed by atoms with E-state index < -0.39 is 77.3 Å². The first-order chi connectivity index (χ1) is 20.9. The number of aliphatic hydroxyl groups is 3. The molecule has 1 aromatic rings. The van der Waals surface area contributed by atoms with Crippen LogP contribution in [0, 0.1) is 22.7 Å². The average molecular weight is 628 g/mol. The van der Waals surface area contributed by atoms with Crippen molar-refractivity contribution in [3.8, 4) is 0 Å². The summed E-state index contributed by atoms with van der Waals surface area (Å²) in [6.07, 6.45) is -5.90. The Hall–Kier alpha value is -3.05. The number of benzene rings is 1. The normalized spacial score (nSPS) is 34.1. The van der Waals surface area contributed by atoms with Crippen LogP contribution in [0.3, 0.4) is 0 Å². The summed E-state index contributed by atoms with van der Waals surface area (Å²) in [6, 6.07) is 8.53. The first-order valence-corrected chi connectivity index (χ1v) is 15.6. The van der Waals surface area contributed by atoms with Crippen LogP contribution in [0.15, 0.2) is 53.6 Å². The van der Waals surface area contributed by atoms with Gasteiger partial charge in [-0.05, 0) is 73.4 Å². The van der Waals surface area contributed by atoms with Gasteiger partial charge in [-0.1, -0.05) is 57.7 Å². The van der Waals surface area contributed by atoms with E-state index >= 15 is 0 Å². The molecule has 2 bridgehead atoms. The predicted octanol–water partition coefficient (Wildman–Crippen LogP) is 3.50. The zero-order chi connectivity index (χ0) is 33.6. The van der Waals surface area contributed by atoms with E-state index in [-0.39, 0.29) is 12.3 Å². The lowest BCUT2D eigenvalue weighted by Crippen LogP contribution is -2.63. The maximum absolute atomic E-state index is 13.9. The number of carbonyl (C=O) groups excluding carboxylic acids is 3. The molecule has 2 saturated carbocycles. The van der Waals surface area contributed by atoms with Crippen molar-refractivity contribution in [3.63, 3.8) is 0 Å². The van der Waals surface area contributed by atoms with E-state index in [0.717, 1.165) is 5.56 Å². The minimum atomic E-state index is -1.35. The van der Waals surface area contributed by atoms with Gasteiger partial charge < -0.3 is 29.5 Å². The van der Waals surface area contributed by atoms with Crippen molar-refractivity contribution in [2.75, 3.05) is 14.1 Å². The standard InChI is InChI=1S/C35H49NO9/c1-18-24-15-23-16-25(39)19(2)28(34(23,5)6)30(43-20(3)37)32(41)35(24,7)27(40)17-26(18)45-33(42)31(44-21(4)38)29(36(8)9)22-13-11-10-12-14-22/h10-14,23-27,29-32,39-41H,1,15-17H2,2-9H3/t23-,24-,25?,26?,27?,29?,30?,31?,32?,35+/m1/s1. The van der Waals surface area contributed by atoms with Crippen LogP contribution in [-0.4, -0.2) is 88.8 Å². The Morgan fingerprint density at radius 1 is 0.956 bits per heavy atom. The van der Waals surface area contributed by atoms with Gasteiger partial charge >= 0.3 is 17.9 Å². The van der Waals surface area contributed by atoms with Crippen LogP contribution in [0.25, 0.3) is 0 Å². The lowest BCUT2D eigenvalue weighted by atomic mass is 9.49. The molecule has 3 N–H and O–H groups in total. The molecule has 45 heavy (non-hydrogen) atoms. The number of hydrogen-bond donors (Lipinski definition) is 3. The molecule has 0 amide bonds. The fourth-order valence-electron chi connectivity index (χ4n) is 8.12. The van der Waals surface area contributed by atoms with E-state index in [1.807, 2.05) is 44.2 Å². The summed E-state index contributed by atoms with van der Waals surface area (Å²) in [7, 11) is 3.55. The summed E-state index contributed by atoms with van der Waals surface area (Å²) < 4.78 is 17.4. The third-order valence-corrected chi connectivity index (χ3v) is 10.7. The third-order valence-electron chi connectivity index (χ3n) is 10.7. The van der Waals surface area contributed by atoms with Crippen molar-refractivity contribution in [1.29, 1.82) is 0 Å². The van der Waals surface area contributed by atoms with Crippen molar-refractivity contribution in [2.24, 2.45) is 22.7 Å². The molecule has 10 atom stereocenters. The second kappa shape index (κ2) is 13.0. The molecule has 10 nitrogen and oxygen atoms in total. The zero-order valence-corrected chi connectivity index (χ0v) is 27.6. The summed E-state index contributed by atoms with van der Waals surface area (Å²) in [5, 5.41) is 34.9. The smallest absolute Gasteiger partial charge is 0.350 e. The molecule has 1 aromatic carbocycles. The van der Waals surface area contributed by atoms with Gasteiger partial charge in [0.05, 0.1) is 18.2 Å². The number of carbonyl (C=O) groups is 3. The summed E-state index contributed by atoms with van der Waals surface area (Å²) in [5.41, 5.74) is 0.769. The molecule has 248 valence electrons. The number of rotatable bonds is 7. The first-order valence-electron chi connectivity index (χ1n) is 15.6. The molecule has 0 aromatic heterocycles. The van der Waals surface area contributed by atoms with E-state index in [1.54, 1.807) is 32.8 Å². The van der Waals surface area contributed by atoms with Crippen LogP contribution < -0.4 is 0 Å². The van der Waals surface area contributed by atoms with Crippen LogP contribution in [0.4, 0.5) is 0 Å². The Morgan fingerprint density at radius 2 is 1.58 bits per heavy atom. The Balaban J connectivity index is 1.73. The molecule has 0 saturated heterocycles. The molecule has 3 aliphatic rings. The van der Waals surface area contributed by atoms with Crippen LogP contribution in [0.5, 0.6) is 0 Å². The highest BCUT2D eigenvalue weighted by molar-refractivity contribution is 5.80. The fraction of sp³-hybridized carbons (Fsp3) is 0.629. The van der Waals surface area contributed by atoms with Crippen LogP contribution in [0.1, 0.15) is 72.4 Å². The lowest BCUT2D eigenvalue weighted by molar-refractivity contribution is -0.194. The van der Waals surface area contributed by atoms with Gasteiger partial charge in [0.25, 0.3) is 0 Å². The topological polar surface area (TPSA) is 143 Å². The zero-order valence-electron chi connectivity index (χ0n) is 27.6. The van der Waals surface area contributed by atoms with Gasteiger partial charge in [-0.3, -0.25) is 14.5 Å². The molecule has 0 spiro atoms. The highest BCUT2D eigenvalue weighted by atomic mass is 16.6. The summed E-state index contributed by atoms with van der Waals surface area (Å²) >= 11 is 0. The second-order valence-electron chi connectivity index (χ2n) is 14.0. The highest BCUT2D eigenvalue weighted by Crippen LogP contribution is 2.59. The first kappa shape index (κ1) is 34.8. The molecular formula is C35H49NO9. The number of nitrogens with zero attached hydrogens (tertiary/aromatic N) is 1. The van der Waals surface area contributed by atoms with Crippen molar-refractivity contribution in [3.05, 3.63) is 59.2 Å². The van der Waals surface area contributed by atoms with Gasteiger partial charge in [0.1, 0.15) is 12.2 Å². The van der Waals surface area contributed by atoms with E-state index in [4.69, 9.17) is 14.2 Å². The SMILES string of the molecule is C=C1C(OC(=O)C(OC(C)=O)C(c2ccccc2)N(C)C)CC(O)[C@@]2(C)C(O)C(OC(C)=O)C3=C(C)C(O)C[C@@H](C[C@H]12)C3(C)C. The van der Waals surface area contributed by atoms with E-state index in [0.29, 0.717) is 29.6 Å². The number of hydrogen-bond acceptors (Lipinski definition) is 10. The number of ether oxygens (including phenoxy) is 3. The fourth-order valence-corrected chi connectivity index (χ4v) is 8.12. The van der Waals surface area contributed by atoms with Crippen LogP contribution >= 0.6 is 0 Å². The van der Waals surface area contributed by atoms with Crippen molar-refractivity contribution >= 4 is 17.9 Å².